The van der Waals surface area contributed by atoms with E-state index in [4.69, 9.17) is 4.74 Å². The lowest BCUT2D eigenvalue weighted by Gasteiger charge is -2.19. The number of benzene rings is 2. The summed E-state index contributed by atoms with van der Waals surface area (Å²) in [7, 11) is 0. The molecule has 3 rings (SSSR count). The molecule has 25 heavy (non-hydrogen) atoms. The van der Waals surface area contributed by atoms with Crippen molar-refractivity contribution in [3.63, 3.8) is 0 Å². The summed E-state index contributed by atoms with van der Waals surface area (Å²) in [5.41, 5.74) is 3.22. The zero-order valence-corrected chi connectivity index (χ0v) is 14.6. The van der Waals surface area contributed by atoms with Gasteiger partial charge in [0.05, 0.1) is 0 Å². The Morgan fingerprint density at radius 3 is 2.44 bits per heavy atom. The molecule has 130 valence electrons. The highest BCUT2D eigenvalue weighted by molar-refractivity contribution is 5.95. The number of hydrogen-bond acceptors (Lipinski definition) is 3. The first-order chi connectivity index (χ1) is 12.0. The Balaban J connectivity index is 1.61. The summed E-state index contributed by atoms with van der Waals surface area (Å²) in [6.07, 6.45) is 0.784. The molecule has 1 fully saturated rings. The predicted octanol–water partition coefficient (Wildman–Crippen LogP) is 4.11. The highest BCUT2D eigenvalue weighted by atomic mass is 16.6. The SMILES string of the molecule is Cc1ccc(CC2C[C@@H](C)N(C(=O)OCc3ccccc3)C2=O)cc1. The van der Waals surface area contributed by atoms with Crippen LogP contribution in [0.15, 0.2) is 54.6 Å². The number of hydrogen-bond donors (Lipinski definition) is 0. The van der Waals surface area contributed by atoms with Gasteiger partial charge in [0.15, 0.2) is 0 Å². The number of aryl methyl sites for hydroxylation is 1. The van der Waals surface area contributed by atoms with Gasteiger partial charge in [-0.15, -0.1) is 0 Å². The number of likely N-dealkylation sites (tertiary alicyclic amines) is 1. The first-order valence-electron chi connectivity index (χ1n) is 8.64. The van der Waals surface area contributed by atoms with Crippen LogP contribution in [-0.4, -0.2) is 22.9 Å². The van der Waals surface area contributed by atoms with E-state index in [1.54, 1.807) is 0 Å². The van der Waals surface area contributed by atoms with Crippen molar-refractivity contribution < 1.29 is 14.3 Å². The Kier molecular flexibility index (Phi) is 5.17. The van der Waals surface area contributed by atoms with Gasteiger partial charge in [0.1, 0.15) is 6.61 Å². The molecule has 4 heteroatoms. The molecule has 0 aliphatic carbocycles. The number of carbonyl (C=O) groups is 2. The molecule has 0 aromatic heterocycles. The molecule has 0 spiro atoms. The summed E-state index contributed by atoms with van der Waals surface area (Å²) < 4.78 is 5.33. The normalized spacial score (nSPS) is 19.9. The van der Waals surface area contributed by atoms with Gasteiger partial charge in [-0.05, 0) is 37.8 Å². The first kappa shape index (κ1) is 17.2. The highest BCUT2D eigenvalue weighted by Gasteiger charge is 2.41. The molecule has 1 heterocycles. The van der Waals surface area contributed by atoms with E-state index in [0.29, 0.717) is 12.8 Å². The van der Waals surface area contributed by atoms with Crippen LogP contribution in [0.1, 0.15) is 30.0 Å². The topological polar surface area (TPSA) is 46.6 Å². The van der Waals surface area contributed by atoms with Crippen molar-refractivity contribution in [3.05, 3.63) is 71.3 Å². The van der Waals surface area contributed by atoms with Gasteiger partial charge in [-0.25, -0.2) is 9.69 Å². The Labute approximate surface area is 148 Å². The van der Waals surface area contributed by atoms with E-state index in [0.717, 1.165) is 11.1 Å². The first-order valence-corrected chi connectivity index (χ1v) is 8.64. The minimum absolute atomic E-state index is 0.133. The van der Waals surface area contributed by atoms with Crippen molar-refractivity contribution in [2.45, 2.75) is 39.3 Å². The fraction of sp³-hybridized carbons (Fsp3) is 0.333. The Morgan fingerprint density at radius 1 is 1.08 bits per heavy atom. The van der Waals surface area contributed by atoms with Gasteiger partial charge in [0.25, 0.3) is 0 Å². The standard InChI is InChI=1S/C21H23NO3/c1-15-8-10-17(11-9-15)13-19-12-16(2)22(20(19)23)21(24)25-14-18-6-4-3-5-7-18/h3-11,16,19H,12-14H2,1-2H3/t16-,19?/m1/s1. The van der Waals surface area contributed by atoms with Crippen molar-refractivity contribution in [3.8, 4) is 0 Å². The third-order valence-corrected chi connectivity index (χ3v) is 4.66. The summed E-state index contributed by atoms with van der Waals surface area (Å²) in [4.78, 5) is 26.3. The molecule has 1 aliphatic rings. The zero-order valence-electron chi connectivity index (χ0n) is 14.6. The molecule has 0 radical (unpaired) electrons. The van der Waals surface area contributed by atoms with Crippen molar-refractivity contribution in [2.75, 3.05) is 0 Å². The Hall–Kier alpha value is -2.62. The molecule has 1 aliphatic heterocycles. The number of carbonyl (C=O) groups excluding carboxylic acids is 2. The van der Waals surface area contributed by atoms with Gasteiger partial charge in [0.2, 0.25) is 5.91 Å². The number of imide groups is 1. The van der Waals surface area contributed by atoms with Crippen LogP contribution in [0.25, 0.3) is 0 Å². The van der Waals surface area contributed by atoms with Crippen molar-refractivity contribution in [1.29, 1.82) is 0 Å². The van der Waals surface area contributed by atoms with E-state index in [-0.39, 0.29) is 24.5 Å². The molecule has 2 atom stereocenters. The molecule has 1 saturated heterocycles. The van der Waals surface area contributed by atoms with Crippen LogP contribution >= 0.6 is 0 Å². The van der Waals surface area contributed by atoms with Gasteiger partial charge >= 0.3 is 6.09 Å². The van der Waals surface area contributed by atoms with E-state index in [1.807, 2.05) is 68.4 Å². The predicted molar refractivity (Wildman–Crippen MR) is 95.9 cm³/mol. The number of rotatable bonds is 4. The van der Waals surface area contributed by atoms with Crippen LogP contribution in [0.3, 0.4) is 0 Å². The molecule has 0 bridgehead atoms. The van der Waals surface area contributed by atoms with Gasteiger partial charge in [0, 0.05) is 12.0 Å². The molecule has 2 aromatic carbocycles. The van der Waals surface area contributed by atoms with E-state index in [1.165, 1.54) is 10.5 Å². The van der Waals surface area contributed by atoms with Gasteiger partial charge < -0.3 is 4.74 Å². The van der Waals surface area contributed by atoms with Crippen molar-refractivity contribution in [1.82, 2.24) is 4.90 Å². The molecular weight excluding hydrogens is 314 g/mol. The summed E-state index contributed by atoms with van der Waals surface area (Å²) in [6.45, 7) is 4.12. The van der Waals surface area contributed by atoms with Crippen LogP contribution in [0.4, 0.5) is 4.79 Å². The summed E-state index contributed by atoms with van der Waals surface area (Å²) in [5.74, 6) is -0.298. The van der Waals surface area contributed by atoms with E-state index in [9.17, 15) is 9.59 Å². The molecule has 0 N–H and O–H groups in total. The molecule has 0 saturated carbocycles. The average Bonchev–Trinajstić information content (AvgIpc) is 2.89. The second kappa shape index (κ2) is 7.51. The maximum absolute atomic E-state index is 12.7. The van der Waals surface area contributed by atoms with Gasteiger partial charge in [-0.2, -0.15) is 0 Å². The van der Waals surface area contributed by atoms with Crippen LogP contribution in [-0.2, 0) is 22.6 Å². The molecule has 4 nitrogen and oxygen atoms in total. The van der Waals surface area contributed by atoms with Gasteiger partial charge in [-0.1, -0.05) is 60.2 Å². The lowest BCUT2D eigenvalue weighted by molar-refractivity contribution is -0.130. The van der Waals surface area contributed by atoms with Crippen molar-refractivity contribution in [2.24, 2.45) is 5.92 Å². The summed E-state index contributed by atoms with van der Waals surface area (Å²) in [5, 5.41) is 0. The average molecular weight is 337 g/mol. The van der Waals surface area contributed by atoms with E-state index >= 15 is 0 Å². The van der Waals surface area contributed by atoms with E-state index in [2.05, 4.69) is 0 Å². The second-order valence-corrected chi connectivity index (χ2v) is 6.72. The maximum atomic E-state index is 12.7. The number of ether oxygens (including phenoxy) is 1. The largest absolute Gasteiger partial charge is 0.444 e. The zero-order chi connectivity index (χ0) is 17.8. The van der Waals surface area contributed by atoms with E-state index < -0.39 is 6.09 Å². The van der Waals surface area contributed by atoms with Gasteiger partial charge in [-0.3, -0.25) is 4.79 Å². The summed E-state index contributed by atoms with van der Waals surface area (Å²) in [6, 6.07) is 17.5. The molecule has 1 unspecified atom stereocenters. The number of nitrogens with zero attached hydrogens (tertiary/aromatic N) is 1. The third-order valence-electron chi connectivity index (χ3n) is 4.66. The smallest absolute Gasteiger partial charge is 0.417 e. The second-order valence-electron chi connectivity index (χ2n) is 6.72. The minimum Gasteiger partial charge on any atom is -0.444 e. The number of amides is 2. The van der Waals surface area contributed by atoms with Crippen LogP contribution in [0.2, 0.25) is 0 Å². The quantitative estimate of drug-likeness (QED) is 0.843. The molecule has 2 aromatic rings. The minimum atomic E-state index is -0.548. The van der Waals surface area contributed by atoms with Crippen LogP contribution in [0.5, 0.6) is 0 Å². The van der Waals surface area contributed by atoms with Crippen LogP contribution < -0.4 is 0 Å². The molecular formula is C21H23NO3. The fourth-order valence-electron chi connectivity index (χ4n) is 3.27. The Morgan fingerprint density at radius 2 is 1.76 bits per heavy atom. The van der Waals surface area contributed by atoms with Crippen molar-refractivity contribution >= 4 is 12.0 Å². The summed E-state index contributed by atoms with van der Waals surface area (Å²) >= 11 is 0. The molecule has 2 amide bonds. The lowest BCUT2D eigenvalue weighted by atomic mass is 9.96. The van der Waals surface area contributed by atoms with Crippen LogP contribution in [0, 0.1) is 12.8 Å². The highest BCUT2D eigenvalue weighted by Crippen LogP contribution is 2.28. The Bertz CT molecular complexity index is 739. The maximum Gasteiger partial charge on any atom is 0.417 e. The third kappa shape index (κ3) is 4.08. The monoisotopic (exact) mass is 337 g/mol. The fourth-order valence-corrected chi connectivity index (χ4v) is 3.27. The lowest BCUT2D eigenvalue weighted by Crippen LogP contribution is -2.38.